The number of nitrogens with one attached hydrogen (secondary N) is 1. The summed E-state index contributed by atoms with van der Waals surface area (Å²) in [4.78, 5) is 12.5. The smallest absolute Gasteiger partial charge is 0.264 e. The first kappa shape index (κ1) is 23.8. The number of rotatable bonds is 4. The van der Waals surface area contributed by atoms with E-state index in [0.717, 1.165) is 6.26 Å². The number of benzene rings is 1. The van der Waals surface area contributed by atoms with E-state index in [4.69, 9.17) is 13.7 Å². The molecule has 143 valence electrons. The van der Waals surface area contributed by atoms with Crippen molar-refractivity contribution in [2.75, 3.05) is 19.5 Å². The maximum Gasteiger partial charge on any atom is 0.264 e. The van der Waals surface area contributed by atoms with Gasteiger partial charge >= 0.3 is 0 Å². The van der Waals surface area contributed by atoms with Gasteiger partial charge in [0.15, 0.2) is 5.79 Å². The van der Waals surface area contributed by atoms with E-state index in [1.54, 1.807) is 32.9 Å². The first-order valence-corrected chi connectivity index (χ1v) is 9.56. The van der Waals surface area contributed by atoms with Crippen molar-refractivity contribution in [3.63, 3.8) is 0 Å². The molecule has 1 aromatic rings. The molecule has 2 rings (SSSR count). The van der Waals surface area contributed by atoms with E-state index in [2.05, 4.69) is 5.32 Å². The molecule has 0 aliphatic carbocycles. The molecule has 1 aliphatic rings. The average molecular weight is 600 g/mol. The minimum Gasteiger partial charge on any atom is -0.508 e. The molecule has 1 radical (unpaired) electrons. The summed E-state index contributed by atoms with van der Waals surface area (Å²) in [6.07, 6.45) is 0.000601. The van der Waals surface area contributed by atoms with Gasteiger partial charge in [-0.2, -0.15) is 8.42 Å². The van der Waals surface area contributed by atoms with Crippen LogP contribution in [0.1, 0.15) is 29.8 Å². The van der Waals surface area contributed by atoms with Crippen LogP contribution >= 0.6 is 0 Å². The Morgan fingerprint density at radius 1 is 1.31 bits per heavy atom. The van der Waals surface area contributed by atoms with E-state index in [1.165, 1.54) is 6.07 Å². The number of hydrogen-bond donors (Lipinski definition) is 2. The van der Waals surface area contributed by atoms with Crippen molar-refractivity contribution < 1.29 is 76.0 Å². The molecular weight excluding hydrogens is 577 g/mol. The Balaban J connectivity index is 0.00000338. The molecule has 8 nitrogen and oxygen atoms in total. The van der Waals surface area contributed by atoms with E-state index >= 15 is 0 Å². The zero-order valence-electron chi connectivity index (χ0n) is 15.2. The van der Waals surface area contributed by atoms with Gasteiger partial charge in [-0.1, -0.05) is 6.07 Å². The summed E-state index contributed by atoms with van der Waals surface area (Å²) in [5, 5.41) is 12.5. The maximum atomic E-state index is 12.5. The van der Waals surface area contributed by atoms with E-state index in [1.807, 2.05) is 0 Å². The van der Waals surface area contributed by atoms with Gasteiger partial charge in [-0.25, -0.2) is 0 Å². The van der Waals surface area contributed by atoms with Crippen LogP contribution in [0, 0.1) is 51.0 Å². The van der Waals surface area contributed by atoms with Crippen molar-refractivity contribution >= 4 is 16.0 Å². The number of phenols is 1. The van der Waals surface area contributed by atoms with Crippen molar-refractivity contribution in [3.05, 3.63) is 29.3 Å². The van der Waals surface area contributed by atoms with Crippen LogP contribution in [0.5, 0.6) is 5.75 Å². The van der Waals surface area contributed by atoms with Gasteiger partial charge in [0.05, 0.1) is 25.5 Å². The number of phenolic OH excluding ortho intramolecular Hbond substituents is 1. The Morgan fingerprint density at radius 2 is 1.92 bits per heavy atom. The molecule has 0 spiro atoms. The van der Waals surface area contributed by atoms with Crippen LogP contribution in [-0.4, -0.2) is 56.8 Å². The summed E-state index contributed by atoms with van der Waals surface area (Å²) in [6, 6.07) is 3.85. The fraction of sp³-hybridized carbons (Fsp3) is 0.562. The zero-order chi connectivity index (χ0) is 18.8. The van der Waals surface area contributed by atoms with Crippen LogP contribution in [0.2, 0.25) is 0 Å². The zero-order valence-corrected chi connectivity index (χ0v) is 20.7. The summed E-state index contributed by atoms with van der Waals surface area (Å²) in [7, 11) is -3.75. The van der Waals surface area contributed by atoms with Gasteiger partial charge in [-0.05, 0) is 32.9 Å². The fourth-order valence-electron chi connectivity index (χ4n) is 2.41. The molecule has 2 unspecified atom stereocenters. The van der Waals surface area contributed by atoms with Gasteiger partial charge in [0.2, 0.25) is 0 Å². The van der Waals surface area contributed by atoms with Crippen LogP contribution in [0.15, 0.2) is 18.2 Å². The Morgan fingerprint density at radius 3 is 2.54 bits per heavy atom. The largest absolute Gasteiger partial charge is 0.508 e. The maximum absolute atomic E-state index is 12.5. The van der Waals surface area contributed by atoms with Crippen molar-refractivity contribution in [1.29, 1.82) is 0 Å². The van der Waals surface area contributed by atoms with Crippen LogP contribution in [0.4, 0.5) is 0 Å². The van der Waals surface area contributed by atoms with Crippen LogP contribution in [0.25, 0.3) is 0 Å². The third-order valence-electron chi connectivity index (χ3n) is 3.82. The molecule has 1 aromatic carbocycles. The van der Waals surface area contributed by atoms with Gasteiger partial charge < -0.3 is 19.9 Å². The molecule has 2 N–H and O–H groups in total. The topological polar surface area (TPSA) is 111 Å². The van der Waals surface area contributed by atoms with Crippen molar-refractivity contribution in [1.82, 2.24) is 5.32 Å². The molecule has 0 saturated carbocycles. The number of carbonyl (C=O) groups is 1. The fourth-order valence-corrected chi connectivity index (χ4v) is 3.05. The van der Waals surface area contributed by atoms with Crippen molar-refractivity contribution in [2.24, 2.45) is 0 Å². The van der Waals surface area contributed by atoms with Crippen molar-refractivity contribution in [2.45, 2.75) is 38.7 Å². The molecule has 1 amide bonds. The molecule has 2 atom stereocenters. The second-order valence-electron chi connectivity index (χ2n) is 6.39. The van der Waals surface area contributed by atoms with E-state index in [9.17, 15) is 18.3 Å². The SMILES string of the molecule is Cc1c(O)cccc1C(=O)NC1COC(C)(C)OCC1OS(C)(=O)=O.[Ac]. The number of carbonyl (C=O) groups excluding carboxylic acids is 1. The minimum atomic E-state index is -3.75. The summed E-state index contributed by atoms with van der Waals surface area (Å²) in [5.41, 5.74) is 0.703. The molecule has 10 heteroatoms. The Hall–Kier alpha value is -0.238. The number of aromatic hydroxyl groups is 1. The summed E-state index contributed by atoms with van der Waals surface area (Å²) in [5.74, 6) is -1.40. The minimum absolute atomic E-state index is 0. The third-order valence-corrected chi connectivity index (χ3v) is 4.42. The number of ether oxygens (including phenoxy) is 2. The second kappa shape index (κ2) is 9.31. The summed E-state index contributed by atoms with van der Waals surface area (Å²) in [6.45, 7) is 4.94. The molecule has 1 fully saturated rings. The van der Waals surface area contributed by atoms with Crippen LogP contribution in [-0.2, 0) is 23.8 Å². The number of amides is 1. The Bertz CT molecular complexity index is 751. The van der Waals surface area contributed by atoms with Gasteiger partial charge in [0, 0.05) is 55.2 Å². The average Bonchev–Trinajstić information content (AvgIpc) is 2.61. The molecule has 0 bridgehead atoms. The monoisotopic (exact) mass is 600 g/mol. The van der Waals surface area contributed by atoms with Gasteiger partial charge in [0.1, 0.15) is 11.9 Å². The van der Waals surface area contributed by atoms with E-state index in [-0.39, 0.29) is 68.6 Å². The summed E-state index contributed by atoms with van der Waals surface area (Å²) >= 11 is 0. The molecule has 1 aliphatic heterocycles. The molecular formula is C16H23AcNO7S. The Labute approximate surface area is 189 Å². The van der Waals surface area contributed by atoms with Crippen molar-refractivity contribution in [3.8, 4) is 5.75 Å². The molecule has 1 heterocycles. The molecule has 0 aromatic heterocycles. The quantitative estimate of drug-likeness (QED) is 0.495. The third kappa shape index (κ3) is 6.73. The van der Waals surface area contributed by atoms with Gasteiger partial charge in [0.25, 0.3) is 16.0 Å². The first-order chi connectivity index (χ1) is 11.5. The van der Waals surface area contributed by atoms with Crippen LogP contribution in [0.3, 0.4) is 0 Å². The predicted molar refractivity (Wildman–Crippen MR) is 89.8 cm³/mol. The van der Waals surface area contributed by atoms with Gasteiger partial charge in [-0.15, -0.1) is 0 Å². The molecule has 26 heavy (non-hydrogen) atoms. The second-order valence-corrected chi connectivity index (χ2v) is 7.99. The van der Waals surface area contributed by atoms with Gasteiger partial charge in [-0.3, -0.25) is 8.98 Å². The number of hydrogen-bond acceptors (Lipinski definition) is 7. The first-order valence-electron chi connectivity index (χ1n) is 7.74. The van der Waals surface area contributed by atoms with Crippen LogP contribution < -0.4 is 5.32 Å². The van der Waals surface area contributed by atoms with E-state index < -0.39 is 34.0 Å². The Kier molecular flexibility index (Phi) is 8.52. The normalized spacial score (nSPS) is 22.8. The standard InChI is InChI=1S/C16H23NO7S.Ac/c1-10-11(6-5-7-13(10)18)15(19)17-12-8-22-16(2,3)23-9-14(12)24-25(4,20)21;/h5-7,12,14,18H,8-9H2,1-4H3,(H,17,19);. The molecule has 1 saturated heterocycles. The predicted octanol–water partition coefficient (Wildman–Crippen LogP) is 0.927. The summed E-state index contributed by atoms with van der Waals surface area (Å²) < 4.78 is 39.2. The van der Waals surface area contributed by atoms with E-state index in [0.29, 0.717) is 5.56 Å².